The number of fused-ring (bicyclic) bond motifs is 1. The lowest BCUT2D eigenvalue weighted by Crippen LogP contribution is -2.37. The second kappa shape index (κ2) is 7.37. The number of ether oxygens (including phenoxy) is 1. The van der Waals surface area contributed by atoms with Gasteiger partial charge >= 0.3 is 0 Å². The van der Waals surface area contributed by atoms with Crippen molar-refractivity contribution in [2.75, 3.05) is 23.0 Å². The highest BCUT2D eigenvalue weighted by Crippen LogP contribution is 2.41. The van der Waals surface area contributed by atoms with E-state index in [-0.39, 0.29) is 28.7 Å². The Labute approximate surface area is 152 Å². The molecule has 2 aliphatic heterocycles. The highest BCUT2D eigenvalue weighted by atomic mass is 32.2. The van der Waals surface area contributed by atoms with Gasteiger partial charge in [-0.25, -0.2) is 8.42 Å². The summed E-state index contributed by atoms with van der Waals surface area (Å²) in [5, 5.41) is 0.525. The Bertz CT molecular complexity index is 774. The summed E-state index contributed by atoms with van der Waals surface area (Å²) in [6.07, 6.45) is 1.14. The molecule has 6 nitrogen and oxygen atoms in total. The van der Waals surface area contributed by atoms with E-state index >= 15 is 0 Å². The van der Waals surface area contributed by atoms with Crippen LogP contribution in [0.15, 0.2) is 29.3 Å². The van der Waals surface area contributed by atoms with Crippen LogP contribution in [-0.4, -0.2) is 48.9 Å². The Balaban J connectivity index is 1.93. The molecule has 2 fully saturated rings. The highest BCUT2D eigenvalue weighted by molar-refractivity contribution is 8.16. The van der Waals surface area contributed by atoms with Crippen LogP contribution in [0, 0.1) is 0 Å². The first-order valence-electron chi connectivity index (χ1n) is 8.44. The van der Waals surface area contributed by atoms with Crippen molar-refractivity contribution < 1.29 is 17.9 Å². The summed E-state index contributed by atoms with van der Waals surface area (Å²) in [6.45, 7) is 4.44. The zero-order valence-corrected chi connectivity index (χ0v) is 16.0. The fourth-order valence-corrected chi connectivity index (χ4v) is 7.04. The van der Waals surface area contributed by atoms with Gasteiger partial charge in [0.2, 0.25) is 5.91 Å². The number of amides is 1. The van der Waals surface area contributed by atoms with Gasteiger partial charge in [-0.1, -0.05) is 18.7 Å². The molecule has 2 aliphatic rings. The van der Waals surface area contributed by atoms with Crippen molar-refractivity contribution in [3.05, 3.63) is 24.3 Å². The number of anilines is 1. The van der Waals surface area contributed by atoms with Crippen LogP contribution in [0.5, 0.6) is 5.75 Å². The molecule has 2 heterocycles. The molecular weight excluding hydrogens is 360 g/mol. The van der Waals surface area contributed by atoms with Crippen molar-refractivity contribution in [1.82, 2.24) is 0 Å². The van der Waals surface area contributed by atoms with Gasteiger partial charge in [-0.3, -0.25) is 4.79 Å². The molecule has 1 aromatic rings. The maximum Gasteiger partial charge on any atom is 0.248 e. The van der Waals surface area contributed by atoms with Crippen molar-refractivity contribution in [1.29, 1.82) is 0 Å². The molecular formula is C17H22N2O4S2. The number of benzene rings is 1. The van der Waals surface area contributed by atoms with E-state index in [0.717, 1.165) is 17.9 Å². The maximum absolute atomic E-state index is 12.0. The second-order valence-electron chi connectivity index (χ2n) is 6.14. The summed E-state index contributed by atoms with van der Waals surface area (Å²) < 4.78 is 29.5. The topological polar surface area (TPSA) is 76.0 Å². The quantitative estimate of drug-likeness (QED) is 0.779. The van der Waals surface area contributed by atoms with E-state index in [9.17, 15) is 13.2 Å². The van der Waals surface area contributed by atoms with Gasteiger partial charge < -0.3 is 9.64 Å². The first kappa shape index (κ1) is 18.3. The van der Waals surface area contributed by atoms with Gasteiger partial charge in [-0.15, -0.1) is 0 Å². The van der Waals surface area contributed by atoms with Crippen molar-refractivity contribution in [2.24, 2.45) is 4.99 Å². The number of hydrogen-bond acceptors (Lipinski definition) is 5. The van der Waals surface area contributed by atoms with Crippen LogP contribution in [0.3, 0.4) is 0 Å². The molecule has 136 valence electrons. The van der Waals surface area contributed by atoms with Gasteiger partial charge in [0, 0.05) is 17.4 Å². The lowest BCUT2D eigenvalue weighted by Gasteiger charge is -2.24. The molecule has 2 atom stereocenters. The van der Waals surface area contributed by atoms with Gasteiger partial charge in [0.25, 0.3) is 0 Å². The third kappa shape index (κ3) is 4.00. The predicted octanol–water partition coefficient (Wildman–Crippen LogP) is 2.49. The Morgan fingerprint density at radius 1 is 1.28 bits per heavy atom. The standard InChI is InChI=1S/C17H22N2O4S2/c1-3-5-16(20)18-17-19(12-6-8-13(9-7-12)23-4-2)14-10-25(21,22)11-15(14)24-17/h6-9,14-15H,3-5,10-11H2,1-2H3/t14-,15-/m1/s1. The molecule has 0 aliphatic carbocycles. The largest absolute Gasteiger partial charge is 0.494 e. The molecule has 2 saturated heterocycles. The Hall–Kier alpha value is -1.54. The first-order valence-corrected chi connectivity index (χ1v) is 11.1. The van der Waals surface area contributed by atoms with E-state index < -0.39 is 9.84 Å². The van der Waals surface area contributed by atoms with Crippen molar-refractivity contribution in [3.8, 4) is 5.75 Å². The zero-order chi connectivity index (χ0) is 18.0. The molecule has 0 spiro atoms. The van der Waals surface area contributed by atoms with Gasteiger partial charge in [-0.05, 0) is 37.6 Å². The van der Waals surface area contributed by atoms with Crippen LogP contribution in [0.4, 0.5) is 5.69 Å². The number of carbonyl (C=O) groups is 1. The van der Waals surface area contributed by atoms with Crippen LogP contribution in [0.2, 0.25) is 0 Å². The molecule has 8 heteroatoms. The fourth-order valence-electron chi connectivity index (χ4n) is 3.11. The molecule has 1 aromatic carbocycles. The smallest absolute Gasteiger partial charge is 0.248 e. The molecule has 25 heavy (non-hydrogen) atoms. The number of hydrogen-bond donors (Lipinski definition) is 0. The normalized spacial score (nSPS) is 26.0. The number of nitrogens with zero attached hydrogens (tertiary/aromatic N) is 2. The summed E-state index contributed by atoms with van der Waals surface area (Å²) in [7, 11) is -3.05. The van der Waals surface area contributed by atoms with E-state index in [2.05, 4.69) is 4.99 Å². The number of carbonyl (C=O) groups excluding carboxylic acids is 1. The molecule has 0 bridgehead atoms. The number of sulfone groups is 1. The van der Waals surface area contributed by atoms with Gasteiger partial charge in [-0.2, -0.15) is 4.99 Å². The SMILES string of the molecule is CCCC(=O)N=C1S[C@@H]2CS(=O)(=O)C[C@H]2N1c1ccc(OCC)cc1. The third-order valence-electron chi connectivity index (χ3n) is 4.18. The molecule has 0 saturated carbocycles. The predicted molar refractivity (Wildman–Crippen MR) is 101 cm³/mol. The minimum atomic E-state index is -3.05. The highest BCUT2D eigenvalue weighted by Gasteiger charge is 2.49. The number of rotatable bonds is 5. The molecule has 0 unspecified atom stereocenters. The van der Waals surface area contributed by atoms with E-state index in [4.69, 9.17) is 4.74 Å². The van der Waals surface area contributed by atoms with Crippen LogP contribution in [-0.2, 0) is 14.6 Å². The summed E-state index contributed by atoms with van der Waals surface area (Å²) in [4.78, 5) is 18.2. The van der Waals surface area contributed by atoms with Crippen LogP contribution < -0.4 is 9.64 Å². The van der Waals surface area contributed by atoms with E-state index in [1.54, 1.807) is 0 Å². The van der Waals surface area contributed by atoms with Gasteiger partial charge in [0.15, 0.2) is 15.0 Å². The Morgan fingerprint density at radius 2 is 2.00 bits per heavy atom. The van der Waals surface area contributed by atoms with E-state index in [1.165, 1.54) is 11.8 Å². The lowest BCUT2D eigenvalue weighted by molar-refractivity contribution is -0.117. The Morgan fingerprint density at radius 3 is 2.64 bits per heavy atom. The molecule has 0 aromatic heterocycles. The minimum absolute atomic E-state index is 0.0789. The van der Waals surface area contributed by atoms with Crippen molar-refractivity contribution in [3.63, 3.8) is 0 Å². The average molecular weight is 383 g/mol. The average Bonchev–Trinajstić information content (AvgIpc) is 3.00. The van der Waals surface area contributed by atoms with Crippen LogP contribution in [0.25, 0.3) is 0 Å². The summed E-state index contributed by atoms with van der Waals surface area (Å²) in [6, 6.07) is 7.30. The zero-order valence-electron chi connectivity index (χ0n) is 14.3. The van der Waals surface area contributed by atoms with Crippen molar-refractivity contribution >= 4 is 38.4 Å². The Kier molecular flexibility index (Phi) is 5.38. The van der Waals surface area contributed by atoms with Gasteiger partial charge in [0.05, 0.1) is 24.2 Å². The molecule has 0 N–H and O–H groups in total. The van der Waals surface area contributed by atoms with Gasteiger partial charge in [0.1, 0.15) is 5.75 Å². The monoisotopic (exact) mass is 382 g/mol. The van der Waals surface area contributed by atoms with E-state index in [0.29, 0.717) is 18.2 Å². The summed E-state index contributed by atoms with van der Waals surface area (Å²) in [5.74, 6) is 0.827. The van der Waals surface area contributed by atoms with Crippen LogP contribution >= 0.6 is 11.8 Å². The van der Waals surface area contributed by atoms with E-state index in [1.807, 2.05) is 43.0 Å². The second-order valence-corrected chi connectivity index (χ2v) is 9.50. The minimum Gasteiger partial charge on any atom is -0.494 e. The fraction of sp³-hybridized carbons (Fsp3) is 0.529. The molecule has 0 radical (unpaired) electrons. The third-order valence-corrected chi connectivity index (χ3v) is 7.39. The molecule has 1 amide bonds. The molecule has 3 rings (SSSR count). The maximum atomic E-state index is 12.0. The number of amidine groups is 1. The summed E-state index contributed by atoms with van der Waals surface area (Å²) in [5.41, 5.74) is 0.837. The van der Waals surface area contributed by atoms with Crippen molar-refractivity contribution in [2.45, 2.75) is 38.0 Å². The first-order chi connectivity index (χ1) is 11.9. The lowest BCUT2D eigenvalue weighted by atomic mass is 10.2. The number of aliphatic imine (C=N–C) groups is 1. The number of thioether (sulfide) groups is 1. The van der Waals surface area contributed by atoms with Crippen LogP contribution in [0.1, 0.15) is 26.7 Å². The summed E-state index contributed by atoms with van der Waals surface area (Å²) >= 11 is 1.40.